The van der Waals surface area contributed by atoms with Crippen LogP contribution in [0.5, 0.6) is 0 Å². The number of H-pyrrole nitrogens is 1. The fourth-order valence-corrected chi connectivity index (χ4v) is 9.29. The van der Waals surface area contributed by atoms with Crippen molar-refractivity contribution in [3.8, 4) is 29.9 Å². The molecule has 1 N–H and O–H groups in total. The number of aromatic nitrogens is 2. The Bertz CT molecular complexity index is 1820. The zero-order chi connectivity index (χ0) is 28.1. The monoisotopic (exact) mass is 538 g/mol. The van der Waals surface area contributed by atoms with E-state index in [1.54, 1.807) is 6.08 Å². The van der Waals surface area contributed by atoms with Crippen molar-refractivity contribution < 1.29 is 0 Å². The summed E-state index contributed by atoms with van der Waals surface area (Å²) in [5.41, 5.74) is 7.86. The molecule has 0 saturated heterocycles. The first-order chi connectivity index (χ1) is 19.6. The molecule has 0 saturated carbocycles. The number of fused-ring (bicyclic) bond motifs is 1. The third-order valence-electron chi connectivity index (χ3n) is 7.61. The Labute approximate surface area is 238 Å². The summed E-state index contributed by atoms with van der Waals surface area (Å²) in [5, 5.41) is 3.51. The molecule has 2 aliphatic rings. The smallest absolute Gasteiger partial charge is 0.0621 e. The molecule has 2 aromatic heterocycles. The molecule has 0 aliphatic carbocycles. The van der Waals surface area contributed by atoms with Gasteiger partial charge >= 0.3 is 195 Å². The zero-order valence-electron chi connectivity index (χ0n) is 23.3. The van der Waals surface area contributed by atoms with Crippen LogP contribution in [0.25, 0.3) is 17.8 Å². The summed E-state index contributed by atoms with van der Waals surface area (Å²) in [5.74, 6) is 14.1. The minimum absolute atomic E-state index is 0.763. The summed E-state index contributed by atoms with van der Waals surface area (Å²) in [7, 11) is -1.79. The number of aromatic amines is 1. The fourth-order valence-electron chi connectivity index (χ4n) is 5.49. The number of nitrogens with zero attached hydrogens (tertiary/aromatic N) is 1. The van der Waals surface area contributed by atoms with Gasteiger partial charge in [-0.05, 0) is 6.92 Å². The van der Waals surface area contributed by atoms with Gasteiger partial charge in [-0.15, -0.1) is 12.3 Å². The third kappa shape index (κ3) is 5.08. The normalized spacial score (nSPS) is 18.3. The SMILES string of the molecule is C#Cc1c(C#CC)c(=C/C=C)/c(=C\C/C(=C/C=C2/C=C[PH]3(c4ccc[nH]4)C=C3C(=C)C2)CC)n1-c1ccccc1. The molecule has 0 fully saturated rings. The van der Waals surface area contributed by atoms with E-state index in [1.807, 2.05) is 37.4 Å². The van der Waals surface area contributed by atoms with Crippen LogP contribution in [0.4, 0.5) is 0 Å². The second kappa shape index (κ2) is 11.7. The van der Waals surface area contributed by atoms with E-state index in [9.17, 15) is 0 Å². The van der Waals surface area contributed by atoms with Gasteiger partial charge in [-0.2, -0.15) is 0 Å². The van der Waals surface area contributed by atoms with Crippen LogP contribution in [0.2, 0.25) is 0 Å². The van der Waals surface area contributed by atoms with Crippen molar-refractivity contribution in [1.29, 1.82) is 0 Å². The number of hydrogen-bond acceptors (Lipinski definition) is 0. The van der Waals surface area contributed by atoms with Gasteiger partial charge in [0.1, 0.15) is 0 Å². The van der Waals surface area contributed by atoms with Gasteiger partial charge in [-0.3, -0.25) is 0 Å². The molecule has 2 aliphatic heterocycles. The first-order valence-corrected chi connectivity index (χ1v) is 15.9. The van der Waals surface area contributed by atoms with E-state index in [-0.39, 0.29) is 0 Å². The number of terminal acetylenes is 1. The van der Waals surface area contributed by atoms with Crippen molar-refractivity contribution in [3.63, 3.8) is 0 Å². The zero-order valence-corrected chi connectivity index (χ0v) is 24.3. The van der Waals surface area contributed by atoms with Gasteiger partial charge in [0.15, 0.2) is 0 Å². The molecule has 0 atom stereocenters. The molecule has 0 radical (unpaired) electrons. The van der Waals surface area contributed by atoms with E-state index in [1.165, 1.54) is 27.5 Å². The molecule has 0 unspecified atom stereocenters. The van der Waals surface area contributed by atoms with Gasteiger partial charge in [-0.25, -0.2) is 0 Å². The van der Waals surface area contributed by atoms with E-state index in [4.69, 9.17) is 6.42 Å². The van der Waals surface area contributed by atoms with Crippen LogP contribution in [-0.2, 0) is 0 Å². The van der Waals surface area contributed by atoms with Crippen molar-refractivity contribution in [2.24, 2.45) is 0 Å². The van der Waals surface area contributed by atoms with Gasteiger partial charge in [0.05, 0.1) is 0 Å². The Hall–Kier alpha value is -4.49. The van der Waals surface area contributed by atoms with Crippen molar-refractivity contribution in [1.82, 2.24) is 9.55 Å². The minimum atomic E-state index is -1.79. The van der Waals surface area contributed by atoms with E-state index >= 15 is 0 Å². The average molecular weight is 539 g/mol. The molecule has 4 heterocycles. The Morgan fingerprint density at radius 3 is 2.67 bits per heavy atom. The summed E-state index contributed by atoms with van der Waals surface area (Å²) >= 11 is 0. The van der Waals surface area contributed by atoms with Gasteiger partial charge in [0, 0.05) is 0 Å². The molecular weight excluding hydrogens is 503 g/mol. The van der Waals surface area contributed by atoms with Crippen LogP contribution in [-0.4, -0.2) is 9.55 Å². The average Bonchev–Trinajstić information content (AvgIpc) is 3.35. The molecule has 0 amide bonds. The number of para-hydroxylation sites is 1. The molecular formula is C37H35N2P. The molecule has 40 heavy (non-hydrogen) atoms. The first-order valence-electron chi connectivity index (χ1n) is 13.7. The van der Waals surface area contributed by atoms with Crippen LogP contribution in [0, 0.1) is 24.2 Å². The number of rotatable bonds is 7. The van der Waals surface area contributed by atoms with E-state index in [0.29, 0.717) is 0 Å². The second-order valence-corrected chi connectivity index (χ2v) is 13.5. The maximum atomic E-state index is 6.06. The Kier molecular flexibility index (Phi) is 7.94. The predicted molar refractivity (Wildman–Crippen MR) is 175 cm³/mol. The molecule has 0 bridgehead atoms. The van der Waals surface area contributed by atoms with Gasteiger partial charge in [0.2, 0.25) is 0 Å². The van der Waals surface area contributed by atoms with Crippen LogP contribution < -0.4 is 16.0 Å². The van der Waals surface area contributed by atoms with Crippen molar-refractivity contribution in [2.75, 3.05) is 0 Å². The minimum Gasteiger partial charge on any atom is -0.0621 e. The van der Waals surface area contributed by atoms with Crippen LogP contribution in [0.1, 0.15) is 44.4 Å². The topological polar surface area (TPSA) is 20.7 Å². The number of nitrogens with one attached hydrogen (secondary N) is 1. The van der Waals surface area contributed by atoms with Crippen LogP contribution >= 0.6 is 7.26 Å². The summed E-state index contributed by atoms with van der Waals surface area (Å²) in [4.78, 5) is 3.44. The summed E-state index contributed by atoms with van der Waals surface area (Å²) < 4.78 is 2.14. The Balaban J connectivity index is 1.54. The standard InChI is InChI=1S/C37H35N2P/c1-6-14-32-33(15-7-2)35(39(34(32)9-4)31-16-11-10-12-17-31)22-21-29(8-3)19-20-30-23-25-40(37-18-13-24-38-37)27-36(40)28(5)26-30/h4,7,10-13,15-20,22-25,27,38,40H,2,5,8,21,26H2,1,3H3/b29-19+,30-20-,33-15-,35-22+. The number of hydrogen-bond donors (Lipinski definition) is 1. The fraction of sp³-hybridized carbons (Fsp3) is 0.135. The molecule has 3 heteroatoms. The molecule has 198 valence electrons. The van der Waals surface area contributed by atoms with E-state index in [2.05, 4.69) is 108 Å². The van der Waals surface area contributed by atoms with Crippen molar-refractivity contribution >= 4 is 24.8 Å². The van der Waals surface area contributed by atoms with Crippen LogP contribution in [0.3, 0.4) is 0 Å². The first kappa shape index (κ1) is 27.1. The molecule has 3 aromatic rings. The van der Waals surface area contributed by atoms with Gasteiger partial charge in [-0.1, -0.05) is 24.8 Å². The quantitative estimate of drug-likeness (QED) is 0.248. The number of allylic oxidation sites excluding steroid dienone is 8. The predicted octanol–water partition coefficient (Wildman–Crippen LogP) is 6.96. The Morgan fingerprint density at radius 2 is 2.00 bits per heavy atom. The summed E-state index contributed by atoms with van der Waals surface area (Å²) in [6.07, 6.45) is 23.7. The molecule has 5 rings (SSSR count). The molecule has 2 nitrogen and oxygen atoms in total. The Morgan fingerprint density at radius 1 is 1.18 bits per heavy atom. The molecule has 0 spiro atoms. The van der Waals surface area contributed by atoms with E-state index in [0.717, 1.165) is 46.8 Å². The van der Waals surface area contributed by atoms with Crippen LogP contribution in [0.15, 0.2) is 120 Å². The molecule has 1 aromatic carbocycles. The van der Waals surface area contributed by atoms with Crippen molar-refractivity contribution in [2.45, 2.75) is 33.1 Å². The van der Waals surface area contributed by atoms with E-state index < -0.39 is 7.26 Å². The van der Waals surface area contributed by atoms with Gasteiger partial charge in [0.25, 0.3) is 0 Å². The number of benzene rings is 1. The summed E-state index contributed by atoms with van der Waals surface area (Å²) in [6, 6.07) is 14.5. The third-order valence-corrected chi connectivity index (χ3v) is 11.3. The maximum absolute atomic E-state index is 6.06. The van der Waals surface area contributed by atoms with Crippen molar-refractivity contribution in [3.05, 3.63) is 142 Å². The van der Waals surface area contributed by atoms with Gasteiger partial charge < -0.3 is 0 Å². The summed E-state index contributed by atoms with van der Waals surface area (Å²) in [6.45, 7) is 12.4. The second-order valence-electron chi connectivity index (χ2n) is 10.1.